The molecule has 1 aliphatic rings. The van der Waals surface area contributed by atoms with Crippen molar-refractivity contribution in [2.24, 2.45) is 5.92 Å². The average Bonchev–Trinajstić information content (AvgIpc) is 2.90. The third kappa shape index (κ3) is 2.77. The highest BCUT2D eigenvalue weighted by Gasteiger charge is 2.19. The van der Waals surface area contributed by atoms with E-state index in [1.54, 1.807) is 18.3 Å². The third-order valence-electron chi connectivity index (χ3n) is 4.06. The van der Waals surface area contributed by atoms with Gasteiger partial charge < -0.3 is 10.5 Å². The zero-order valence-corrected chi connectivity index (χ0v) is 12.1. The van der Waals surface area contributed by atoms with E-state index in [1.165, 1.54) is 26.4 Å². The summed E-state index contributed by atoms with van der Waals surface area (Å²) in [5, 5.41) is 4.40. The van der Waals surface area contributed by atoms with Crippen molar-refractivity contribution in [1.82, 2.24) is 9.78 Å². The normalized spacial score (nSPS) is 14.7. The first-order chi connectivity index (χ1) is 10.2. The van der Waals surface area contributed by atoms with E-state index in [9.17, 15) is 4.79 Å². The number of benzene rings is 1. The van der Waals surface area contributed by atoms with Crippen LogP contribution in [0, 0.1) is 5.92 Å². The molecule has 5 heteroatoms. The number of anilines is 1. The predicted octanol–water partition coefficient (Wildman–Crippen LogP) is 2.72. The molecule has 1 saturated carbocycles. The molecule has 110 valence electrons. The van der Waals surface area contributed by atoms with Crippen LogP contribution in [0.2, 0.25) is 0 Å². The van der Waals surface area contributed by atoms with E-state index in [2.05, 4.69) is 5.10 Å². The number of hydrogen-bond donors (Lipinski definition) is 1. The molecule has 0 bridgehead atoms. The highest BCUT2D eigenvalue weighted by molar-refractivity contribution is 5.98. The number of methoxy groups -OCH3 is 1. The lowest BCUT2D eigenvalue weighted by Gasteiger charge is -2.24. The number of esters is 1. The molecule has 0 aliphatic heterocycles. The number of carbonyl (C=O) groups is 1. The first-order valence-corrected chi connectivity index (χ1v) is 7.18. The maximum Gasteiger partial charge on any atom is 0.338 e. The van der Waals surface area contributed by atoms with Crippen molar-refractivity contribution >= 4 is 11.7 Å². The standard InChI is InChI=1S/C16H19N3O2/c1-21-16(20)15-7-13(17)5-6-14(15)12-8-18-19(10-12)9-11-3-2-4-11/h5-8,10-11H,2-4,9,17H2,1H3. The van der Waals surface area contributed by atoms with Gasteiger partial charge in [0.1, 0.15) is 0 Å². The number of aromatic nitrogens is 2. The van der Waals surface area contributed by atoms with Crippen molar-refractivity contribution in [3.05, 3.63) is 36.2 Å². The Balaban J connectivity index is 1.90. The lowest BCUT2D eigenvalue weighted by atomic mass is 9.85. The predicted molar refractivity (Wildman–Crippen MR) is 80.8 cm³/mol. The highest BCUT2D eigenvalue weighted by atomic mass is 16.5. The smallest absolute Gasteiger partial charge is 0.338 e. The fourth-order valence-corrected chi connectivity index (χ4v) is 2.63. The van der Waals surface area contributed by atoms with Gasteiger partial charge in [-0.25, -0.2) is 4.79 Å². The molecular formula is C16H19N3O2. The Labute approximate surface area is 123 Å². The van der Waals surface area contributed by atoms with E-state index in [4.69, 9.17) is 10.5 Å². The van der Waals surface area contributed by atoms with Crippen LogP contribution in [0.3, 0.4) is 0 Å². The van der Waals surface area contributed by atoms with Crippen molar-refractivity contribution in [1.29, 1.82) is 0 Å². The van der Waals surface area contributed by atoms with Gasteiger partial charge in [-0.3, -0.25) is 4.68 Å². The quantitative estimate of drug-likeness (QED) is 0.692. The molecule has 0 atom stereocenters. The van der Waals surface area contributed by atoms with Gasteiger partial charge in [0, 0.05) is 24.0 Å². The zero-order chi connectivity index (χ0) is 14.8. The third-order valence-corrected chi connectivity index (χ3v) is 4.06. The number of rotatable bonds is 4. The minimum atomic E-state index is -0.385. The molecular weight excluding hydrogens is 266 g/mol. The monoisotopic (exact) mass is 285 g/mol. The van der Waals surface area contributed by atoms with Crippen LogP contribution in [-0.4, -0.2) is 22.9 Å². The molecule has 2 aromatic rings. The van der Waals surface area contributed by atoms with Gasteiger partial charge in [-0.05, 0) is 36.5 Å². The Kier molecular flexibility index (Phi) is 3.64. The number of nitrogen functional groups attached to an aromatic ring is 1. The number of carbonyl (C=O) groups excluding carboxylic acids is 1. The van der Waals surface area contributed by atoms with E-state index in [0.29, 0.717) is 11.3 Å². The van der Waals surface area contributed by atoms with E-state index < -0.39 is 0 Å². The number of nitrogens with two attached hydrogens (primary N) is 1. The van der Waals surface area contributed by atoms with E-state index in [0.717, 1.165) is 23.6 Å². The Morgan fingerprint density at radius 2 is 2.29 bits per heavy atom. The van der Waals surface area contributed by atoms with Crippen molar-refractivity contribution in [2.75, 3.05) is 12.8 Å². The number of ether oxygens (including phenoxy) is 1. The zero-order valence-electron chi connectivity index (χ0n) is 12.1. The Hall–Kier alpha value is -2.30. The topological polar surface area (TPSA) is 70.1 Å². The van der Waals surface area contributed by atoms with Gasteiger partial charge in [-0.15, -0.1) is 0 Å². The van der Waals surface area contributed by atoms with Gasteiger partial charge in [0.15, 0.2) is 0 Å². The molecule has 0 unspecified atom stereocenters. The summed E-state index contributed by atoms with van der Waals surface area (Å²) in [6.45, 7) is 0.947. The Morgan fingerprint density at radius 1 is 1.48 bits per heavy atom. The molecule has 1 aromatic carbocycles. The first kappa shape index (κ1) is 13.7. The fourth-order valence-electron chi connectivity index (χ4n) is 2.63. The second-order valence-electron chi connectivity index (χ2n) is 5.54. The minimum absolute atomic E-state index is 0.385. The van der Waals surface area contributed by atoms with Gasteiger partial charge in [-0.2, -0.15) is 5.10 Å². The summed E-state index contributed by atoms with van der Waals surface area (Å²) in [7, 11) is 1.37. The lowest BCUT2D eigenvalue weighted by Crippen LogP contribution is -2.18. The SMILES string of the molecule is COC(=O)c1cc(N)ccc1-c1cnn(CC2CCC2)c1. The molecule has 0 spiro atoms. The van der Waals surface area contributed by atoms with Crippen LogP contribution in [0.15, 0.2) is 30.6 Å². The minimum Gasteiger partial charge on any atom is -0.465 e. The van der Waals surface area contributed by atoms with Crippen LogP contribution in [0.25, 0.3) is 11.1 Å². The summed E-state index contributed by atoms with van der Waals surface area (Å²) < 4.78 is 6.78. The summed E-state index contributed by atoms with van der Waals surface area (Å²) in [6.07, 6.45) is 7.66. The fraction of sp³-hybridized carbons (Fsp3) is 0.375. The van der Waals surface area contributed by atoms with Crippen molar-refractivity contribution in [2.45, 2.75) is 25.8 Å². The highest BCUT2D eigenvalue weighted by Crippen LogP contribution is 2.29. The molecule has 0 radical (unpaired) electrons. The molecule has 1 heterocycles. The van der Waals surface area contributed by atoms with E-state index in [1.807, 2.05) is 16.9 Å². The first-order valence-electron chi connectivity index (χ1n) is 7.18. The molecule has 0 saturated heterocycles. The summed E-state index contributed by atoms with van der Waals surface area (Å²) in [6, 6.07) is 5.27. The van der Waals surface area contributed by atoms with Crippen LogP contribution in [0.4, 0.5) is 5.69 Å². The van der Waals surface area contributed by atoms with Crippen molar-refractivity contribution < 1.29 is 9.53 Å². The largest absolute Gasteiger partial charge is 0.465 e. The van der Waals surface area contributed by atoms with E-state index >= 15 is 0 Å². The van der Waals surface area contributed by atoms with Crippen molar-refractivity contribution in [3.63, 3.8) is 0 Å². The number of hydrogen-bond acceptors (Lipinski definition) is 4. The maximum absolute atomic E-state index is 11.9. The van der Waals surface area contributed by atoms with Gasteiger partial charge in [-0.1, -0.05) is 12.5 Å². The average molecular weight is 285 g/mol. The second kappa shape index (κ2) is 5.60. The maximum atomic E-state index is 11.9. The molecule has 21 heavy (non-hydrogen) atoms. The molecule has 0 amide bonds. The van der Waals surface area contributed by atoms with E-state index in [-0.39, 0.29) is 5.97 Å². The Morgan fingerprint density at radius 3 is 2.95 bits per heavy atom. The summed E-state index contributed by atoms with van der Waals surface area (Å²) in [5.41, 5.74) is 8.50. The summed E-state index contributed by atoms with van der Waals surface area (Å²) >= 11 is 0. The summed E-state index contributed by atoms with van der Waals surface area (Å²) in [5.74, 6) is 0.355. The molecule has 1 aromatic heterocycles. The van der Waals surface area contributed by atoms with Gasteiger partial charge >= 0.3 is 5.97 Å². The van der Waals surface area contributed by atoms with Crippen LogP contribution in [0.1, 0.15) is 29.6 Å². The molecule has 5 nitrogen and oxygen atoms in total. The molecule has 3 rings (SSSR count). The van der Waals surface area contributed by atoms with Gasteiger partial charge in [0.2, 0.25) is 0 Å². The summed E-state index contributed by atoms with van der Waals surface area (Å²) in [4.78, 5) is 11.9. The van der Waals surface area contributed by atoms with Crippen LogP contribution >= 0.6 is 0 Å². The molecule has 2 N–H and O–H groups in total. The van der Waals surface area contributed by atoms with Crippen LogP contribution < -0.4 is 5.73 Å². The van der Waals surface area contributed by atoms with Crippen LogP contribution in [0.5, 0.6) is 0 Å². The Bertz CT molecular complexity index is 659. The second-order valence-corrected chi connectivity index (χ2v) is 5.54. The van der Waals surface area contributed by atoms with Gasteiger partial charge in [0.25, 0.3) is 0 Å². The number of nitrogens with zero attached hydrogens (tertiary/aromatic N) is 2. The van der Waals surface area contributed by atoms with Crippen LogP contribution in [-0.2, 0) is 11.3 Å². The lowest BCUT2D eigenvalue weighted by molar-refractivity contribution is 0.0601. The molecule has 1 fully saturated rings. The van der Waals surface area contributed by atoms with Crippen molar-refractivity contribution in [3.8, 4) is 11.1 Å². The van der Waals surface area contributed by atoms with Gasteiger partial charge in [0.05, 0.1) is 18.9 Å². The molecule has 1 aliphatic carbocycles.